The quantitative estimate of drug-likeness (QED) is 0.388. The SMILES string of the molecule is C1SC1C[Te][Te]CC1CS1. The fraction of sp³-hybridized carbons (Fsp3) is 1.00. The van der Waals surface area contributed by atoms with Crippen LogP contribution in [0.1, 0.15) is 0 Å². The van der Waals surface area contributed by atoms with Crippen molar-refractivity contribution >= 4 is 57.6 Å². The van der Waals surface area contributed by atoms with Gasteiger partial charge < -0.3 is 0 Å². The maximum absolute atomic E-state index is 2.19. The summed E-state index contributed by atoms with van der Waals surface area (Å²) in [6.45, 7) is 0. The van der Waals surface area contributed by atoms with Gasteiger partial charge in [0, 0.05) is 0 Å². The molecule has 0 aromatic heterocycles. The Labute approximate surface area is 87.4 Å². The molecule has 58 valence electrons. The van der Waals surface area contributed by atoms with Crippen LogP contribution in [-0.4, -0.2) is 56.1 Å². The summed E-state index contributed by atoms with van der Waals surface area (Å²) >= 11 is 5.56. The molecule has 2 rings (SSSR count). The number of rotatable bonds is 5. The Kier molecular flexibility index (Phi) is 3.98. The van der Waals surface area contributed by atoms with Gasteiger partial charge in [-0.2, -0.15) is 0 Å². The zero-order valence-corrected chi connectivity index (χ0v) is 11.9. The number of thioether (sulfide) groups is 2. The van der Waals surface area contributed by atoms with Crippen LogP contribution in [0, 0.1) is 0 Å². The van der Waals surface area contributed by atoms with Crippen LogP contribution in [0.4, 0.5) is 0 Å². The van der Waals surface area contributed by atoms with Crippen molar-refractivity contribution in [2.75, 3.05) is 11.5 Å². The molecule has 0 bridgehead atoms. The average molecular weight is 401 g/mol. The summed E-state index contributed by atoms with van der Waals surface area (Å²) in [7, 11) is 0. The average Bonchev–Trinajstić information content (AvgIpc) is 2.77. The Bertz CT molecular complexity index is 98.3. The fourth-order valence-electron chi connectivity index (χ4n) is 0.577. The summed E-state index contributed by atoms with van der Waals surface area (Å²) in [4.78, 5) is 0. The topological polar surface area (TPSA) is 0 Å². The Morgan fingerprint density at radius 3 is 1.70 bits per heavy atom. The van der Waals surface area contributed by atoms with Gasteiger partial charge in [0.25, 0.3) is 0 Å². The Hall–Kier alpha value is 2.28. The van der Waals surface area contributed by atoms with Gasteiger partial charge in [-0.15, -0.1) is 0 Å². The monoisotopic (exact) mass is 406 g/mol. The third-order valence-corrected chi connectivity index (χ3v) is 16.6. The molecule has 0 amide bonds. The molecule has 2 aliphatic heterocycles. The van der Waals surface area contributed by atoms with E-state index in [1.807, 2.05) is 0 Å². The van der Waals surface area contributed by atoms with E-state index in [0.717, 1.165) is 0 Å². The van der Waals surface area contributed by atoms with Gasteiger partial charge >= 0.3 is 88.6 Å². The van der Waals surface area contributed by atoms with Gasteiger partial charge in [-0.05, 0) is 0 Å². The summed E-state index contributed by atoms with van der Waals surface area (Å²) in [6, 6.07) is 0. The van der Waals surface area contributed by atoms with Crippen LogP contribution in [-0.2, 0) is 0 Å². The van der Waals surface area contributed by atoms with E-state index in [4.69, 9.17) is 0 Å². The molecular weight excluding hydrogens is 391 g/mol. The molecule has 0 aliphatic carbocycles. The van der Waals surface area contributed by atoms with Crippen molar-refractivity contribution in [3.63, 3.8) is 0 Å². The summed E-state index contributed by atoms with van der Waals surface area (Å²) in [5, 5.41) is 2.33. The molecule has 0 radical (unpaired) electrons. The first-order valence-corrected chi connectivity index (χ1v) is 16.2. The van der Waals surface area contributed by atoms with Crippen molar-refractivity contribution in [2.24, 2.45) is 0 Å². The van der Waals surface area contributed by atoms with Gasteiger partial charge in [0.2, 0.25) is 0 Å². The fourth-order valence-corrected chi connectivity index (χ4v) is 20.4. The van der Waals surface area contributed by atoms with Crippen LogP contribution in [0.25, 0.3) is 0 Å². The number of hydrogen-bond acceptors (Lipinski definition) is 2. The van der Waals surface area contributed by atoms with Crippen LogP contribution in [0.5, 0.6) is 0 Å². The molecule has 2 atom stereocenters. The van der Waals surface area contributed by atoms with E-state index in [-0.39, 0.29) is 0 Å². The van der Waals surface area contributed by atoms with E-state index in [2.05, 4.69) is 23.5 Å². The summed E-state index contributed by atoms with van der Waals surface area (Å²) < 4.78 is 3.38. The predicted octanol–water partition coefficient (Wildman–Crippen LogP) is 1.38. The first kappa shape index (κ1) is 8.86. The van der Waals surface area contributed by atoms with Crippen LogP contribution in [0.2, 0.25) is 8.94 Å². The van der Waals surface area contributed by atoms with E-state index in [1.54, 1.807) is 8.94 Å². The molecule has 2 heterocycles. The van der Waals surface area contributed by atoms with Crippen molar-refractivity contribution in [2.45, 2.75) is 19.4 Å². The molecule has 2 saturated heterocycles. The van der Waals surface area contributed by atoms with Gasteiger partial charge in [0.15, 0.2) is 0 Å². The van der Waals surface area contributed by atoms with Crippen molar-refractivity contribution in [1.82, 2.24) is 0 Å². The minimum atomic E-state index is 0.590. The maximum atomic E-state index is 2.19. The second kappa shape index (κ2) is 4.50. The Morgan fingerprint density at radius 2 is 1.40 bits per heavy atom. The van der Waals surface area contributed by atoms with Gasteiger partial charge in [-0.25, -0.2) is 0 Å². The van der Waals surface area contributed by atoms with E-state index in [1.165, 1.54) is 22.0 Å². The molecule has 4 heteroatoms. The molecule has 0 saturated carbocycles. The molecule has 0 N–H and O–H groups in total. The molecule has 2 aliphatic rings. The molecule has 10 heavy (non-hydrogen) atoms. The second-order valence-electron chi connectivity index (χ2n) is 2.48. The Morgan fingerprint density at radius 1 is 1.00 bits per heavy atom. The van der Waals surface area contributed by atoms with Crippen LogP contribution >= 0.6 is 23.5 Å². The molecule has 0 nitrogen and oxygen atoms in total. The third kappa shape index (κ3) is 3.79. The standard InChI is InChI=1S/C6H10S2Te2/c1-5(7-1)3-9-10-4-6-2-8-6/h5-6H,1-4H2. The second-order valence-corrected chi connectivity index (χ2v) is 17.4. The zero-order chi connectivity index (χ0) is 6.81. The Balaban J connectivity index is 1.40. The molecule has 2 unspecified atom stereocenters. The van der Waals surface area contributed by atoms with E-state index in [9.17, 15) is 0 Å². The predicted molar refractivity (Wildman–Crippen MR) is 53.6 cm³/mol. The van der Waals surface area contributed by atoms with Gasteiger partial charge in [0.05, 0.1) is 0 Å². The number of hydrogen-bond donors (Lipinski definition) is 0. The first-order valence-electron chi connectivity index (χ1n) is 3.43. The zero-order valence-electron chi connectivity index (χ0n) is 5.62. The van der Waals surface area contributed by atoms with Crippen molar-refractivity contribution in [3.05, 3.63) is 0 Å². The molecule has 0 aromatic carbocycles. The van der Waals surface area contributed by atoms with Crippen molar-refractivity contribution in [3.8, 4) is 0 Å². The van der Waals surface area contributed by atoms with Crippen LogP contribution in [0.15, 0.2) is 0 Å². The normalized spacial score (nSPS) is 36.0. The van der Waals surface area contributed by atoms with E-state index < -0.39 is 0 Å². The van der Waals surface area contributed by atoms with Crippen LogP contribution < -0.4 is 0 Å². The minimum absolute atomic E-state index is 0.590. The van der Waals surface area contributed by atoms with Gasteiger partial charge in [-0.3, -0.25) is 0 Å². The van der Waals surface area contributed by atoms with E-state index >= 15 is 0 Å². The molecule has 0 spiro atoms. The van der Waals surface area contributed by atoms with Gasteiger partial charge in [-0.1, -0.05) is 0 Å². The van der Waals surface area contributed by atoms with Crippen LogP contribution in [0.3, 0.4) is 0 Å². The van der Waals surface area contributed by atoms with Crippen molar-refractivity contribution in [1.29, 1.82) is 0 Å². The third-order valence-electron chi connectivity index (χ3n) is 1.40. The summed E-state index contributed by atoms with van der Waals surface area (Å²) in [6.07, 6.45) is 0. The first-order chi connectivity index (χ1) is 4.95. The summed E-state index contributed by atoms with van der Waals surface area (Å²) in [5.74, 6) is 3.02. The molecule has 0 aromatic rings. The summed E-state index contributed by atoms with van der Waals surface area (Å²) in [5.41, 5.74) is 0. The molecule has 2 fully saturated rings. The van der Waals surface area contributed by atoms with Gasteiger partial charge in [0.1, 0.15) is 0 Å². The molecular formula is C6H10S2Te2. The van der Waals surface area contributed by atoms with E-state index in [0.29, 0.717) is 34.1 Å². The van der Waals surface area contributed by atoms with Crippen molar-refractivity contribution < 1.29 is 0 Å².